The molecule has 32 heavy (non-hydrogen) atoms. The lowest BCUT2D eigenvalue weighted by molar-refractivity contribution is 0.0696. The van der Waals surface area contributed by atoms with Crippen LogP contribution in [0.2, 0.25) is 0 Å². The minimum atomic E-state index is -3.57. The van der Waals surface area contributed by atoms with Gasteiger partial charge in [0.2, 0.25) is 10.0 Å². The molecule has 0 aliphatic heterocycles. The van der Waals surface area contributed by atoms with Crippen molar-refractivity contribution in [1.82, 2.24) is 4.57 Å². The van der Waals surface area contributed by atoms with Crippen LogP contribution in [0.1, 0.15) is 21.5 Å². The van der Waals surface area contributed by atoms with Crippen LogP contribution < -0.4 is 9.46 Å². The van der Waals surface area contributed by atoms with Gasteiger partial charge in [-0.05, 0) is 41.3 Å². The van der Waals surface area contributed by atoms with Gasteiger partial charge in [-0.3, -0.25) is 4.72 Å². The minimum absolute atomic E-state index is 0.111. The molecule has 1 aromatic heterocycles. The highest BCUT2D eigenvalue weighted by molar-refractivity contribution is 7.91. The van der Waals surface area contributed by atoms with Crippen molar-refractivity contribution in [3.63, 3.8) is 0 Å². The quantitative estimate of drug-likeness (QED) is 0.416. The summed E-state index contributed by atoms with van der Waals surface area (Å²) in [5, 5.41) is 10.1. The Morgan fingerprint density at radius 1 is 1.03 bits per heavy atom. The Hall–Kier alpha value is -3.78. The number of ether oxygens (including phenoxy) is 1. The van der Waals surface area contributed by atoms with Crippen molar-refractivity contribution in [2.24, 2.45) is 0 Å². The van der Waals surface area contributed by atoms with Crippen molar-refractivity contribution in [2.75, 3.05) is 11.8 Å². The third-order valence-corrected chi connectivity index (χ3v) is 6.38. The number of carboxylic acid groups (broad SMARTS) is 1. The molecule has 8 heteroatoms. The smallest absolute Gasteiger partial charge is 0.335 e. The van der Waals surface area contributed by atoms with Crippen LogP contribution in [0.3, 0.4) is 0 Å². The Kier molecular flexibility index (Phi) is 5.87. The first-order valence-electron chi connectivity index (χ1n) is 9.88. The normalized spacial score (nSPS) is 11.4. The van der Waals surface area contributed by atoms with Gasteiger partial charge in [0.05, 0.1) is 36.2 Å². The summed E-state index contributed by atoms with van der Waals surface area (Å²) >= 11 is 0. The van der Waals surface area contributed by atoms with Crippen LogP contribution in [0, 0.1) is 0 Å². The van der Waals surface area contributed by atoms with Gasteiger partial charge in [0.1, 0.15) is 5.75 Å². The molecule has 4 rings (SSSR count). The summed E-state index contributed by atoms with van der Waals surface area (Å²) in [7, 11) is -2.07. The van der Waals surface area contributed by atoms with Crippen molar-refractivity contribution in [3.05, 3.63) is 95.7 Å². The van der Waals surface area contributed by atoms with E-state index in [1.165, 1.54) is 19.2 Å². The van der Waals surface area contributed by atoms with Crippen molar-refractivity contribution in [3.8, 4) is 5.75 Å². The number of anilines is 1. The number of hydrogen-bond donors (Lipinski definition) is 2. The number of fused-ring (bicyclic) bond motifs is 1. The summed E-state index contributed by atoms with van der Waals surface area (Å²) in [5.74, 6) is -0.653. The number of sulfonamides is 1. The van der Waals surface area contributed by atoms with Crippen LogP contribution in [0.25, 0.3) is 10.9 Å². The average molecular weight is 451 g/mol. The fourth-order valence-corrected chi connectivity index (χ4v) is 4.78. The largest absolute Gasteiger partial charge is 0.496 e. The molecular formula is C24H22N2O5S. The number of nitrogens with one attached hydrogen (secondary N) is 1. The summed E-state index contributed by atoms with van der Waals surface area (Å²) in [6.07, 6.45) is 1.90. The molecule has 0 saturated carbocycles. The maximum atomic E-state index is 12.6. The summed E-state index contributed by atoms with van der Waals surface area (Å²) < 4.78 is 35.2. The van der Waals surface area contributed by atoms with Crippen LogP contribution >= 0.6 is 0 Å². The Morgan fingerprint density at radius 3 is 2.53 bits per heavy atom. The molecule has 1 heterocycles. The topological polar surface area (TPSA) is 97.6 Å². The highest BCUT2D eigenvalue weighted by atomic mass is 32.2. The van der Waals surface area contributed by atoms with E-state index in [-0.39, 0.29) is 11.3 Å². The van der Waals surface area contributed by atoms with Crippen molar-refractivity contribution in [2.45, 2.75) is 12.3 Å². The van der Waals surface area contributed by atoms with Gasteiger partial charge >= 0.3 is 5.97 Å². The maximum absolute atomic E-state index is 12.6. The molecule has 0 aliphatic rings. The number of nitrogens with zero attached hydrogens (tertiary/aromatic N) is 1. The minimum Gasteiger partial charge on any atom is -0.496 e. The number of benzene rings is 3. The molecule has 0 fully saturated rings. The first kappa shape index (κ1) is 21.5. The van der Waals surface area contributed by atoms with Crippen LogP contribution in [-0.2, 0) is 22.3 Å². The zero-order chi connectivity index (χ0) is 22.7. The predicted molar refractivity (Wildman–Crippen MR) is 124 cm³/mol. The van der Waals surface area contributed by atoms with Gasteiger partial charge < -0.3 is 14.4 Å². The summed E-state index contributed by atoms with van der Waals surface area (Å²) in [5.41, 5.74) is 2.99. The number of methoxy groups -OCH3 is 1. The number of hydrogen-bond acceptors (Lipinski definition) is 4. The molecule has 0 amide bonds. The van der Waals surface area contributed by atoms with Gasteiger partial charge in [-0.15, -0.1) is 0 Å². The van der Waals surface area contributed by atoms with Crippen molar-refractivity contribution >= 4 is 32.6 Å². The summed E-state index contributed by atoms with van der Waals surface area (Å²) in [6, 6.07) is 21.1. The van der Waals surface area contributed by atoms with Gasteiger partial charge in [0.25, 0.3) is 0 Å². The monoisotopic (exact) mass is 450 g/mol. The van der Waals surface area contributed by atoms with Crippen LogP contribution in [-0.4, -0.2) is 31.2 Å². The molecule has 0 bridgehead atoms. The number of carbonyl (C=O) groups is 1. The lowest BCUT2D eigenvalue weighted by atomic mass is 10.1. The first-order chi connectivity index (χ1) is 15.3. The van der Waals surface area contributed by atoms with Crippen LogP contribution in [0.15, 0.2) is 79.0 Å². The van der Waals surface area contributed by atoms with Gasteiger partial charge in [-0.1, -0.05) is 42.5 Å². The molecule has 0 spiro atoms. The van der Waals surface area contributed by atoms with E-state index >= 15 is 0 Å². The SMILES string of the molecule is COc1cc(C(=O)O)ccc1Cn1ccc2ccc(NS(=O)(=O)Cc3ccccc3)cc21. The lowest BCUT2D eigenvalue weighted by Gasteiger charge is -2.12. The summed E-state index contributed by atoms with van der Waals surface area (Å²) in [6.45, 7) is 0.437. The van der Waals surface area contributed by atoms with Crippen LogP contribution in [0.4, 0.5) is 5.69 Å². The van der Waals surface area contributed by atoms with E-state index in [4.69, 9.17) is 4.74 Å². The van der Waals surface area contributed by atoms with E-state index in [1.807, 2.05) is 29.0 Å². The van der Waals surface area contributed by atoms with Gasteiger partial charge in [-0.2, -0.15) is 0 Å². The molecule has 4 aromatic rings. The Morgan fingerprint density at radius 2 is 1.81 bits per heavy atom. The predicted octanol–water partition coefficient (Wildman–Crippen LogP) is 4.34. The molecule has 0 unspecified atom stereocenters. The highest BCUT2D eigenvalue weighted by Crippen LogP contribution is 2.26. The zero-order valence-electron chi connectivity index (χ0n) is 17.4. The number of aromatic nitrogens is 1. The number of aromatic carboxylic acids is 1. The Labute approximate surface area is 185 Å². The third-order valence-electron chi connectivity index (χ3n) is 5.12. The van der Waals surface area contributed by atoms with E-state index in [2.05, 4.69) is 4.72 Å². The molecule has 3 aromatic carbocycles. The van der Waals surface area contributed by atoms with E-state index in [0.717, 1.165) is 16.5 Å². The Balaban J connectivity index is 1.60. The molecule has 7 nitrogen and oxygen atoms in total. The maximum Gasteiger partial charge on any atom is 0.335 e. The zero-order valence-corrected chi connectivity index (χ0v) is 18.2. The van der Waals surface area contributed by atoms with E-state index in [1.54, 1.807) is 42.5 Å². The van der Waals surface area contributed by atoms with Crippen molar-refractivity contribution < 1.29 is 23.1 Å². The van der Waals surface area contributed by atoms with Gasteiger partial charge in [0.15, 0.2) is 0 Å². The molecule has 0 saturated heterocycles. The van der Waals surface area contributed by atoms with Gasteiger partial charge in [-0.25, -0.2) is 13.2 Å². The molecule has 0 aliphatic carbocycles. The molecule has 164 valence electrons. The van der Waals surface area contributed by atoms with Crippen molar-refractivity contribution in [1.29, 1.82) is 0 Å². The summed E-state index contributed by atoms with van der Waals surface area (Å²) in [4.78, 5) is 11.2. The fourth-order valence-electron chi connectivity index (χ4n) is 3.59. The molecule has 0 radical (unpaired) electrons. The first-order valence-corrected chi connectivity index (χ1v) is 11.5. The average Bonchev–Trinajstić information content (AvgIpc) is 3.16. The number of rotatable bonds is 8. The highest BCUT2D eigenvalue weighted by Gasteiger charge is 2.14. The third kappa shape index (κ3) is 4.76. The van der Waals surface area contributed by atoms with E-state index < -0.39 is 16.0 Å². The van der Waals surface area contributed by atoms with Crippen LogP contribution in [0.5, 0.6) is 5.75 Å². The van der Waals surface area contributed by atoms with E-state index in [0.29, 0.717) is 23.5 Å². The second kappa shape index (κ2) is 8.76. The Bertz CT molecular complexity index is 1380. The second-order valence-electron chi connectivity index (χ2n) is 7.40. The standard InChI is InChI=1S/C24H22N2O5S/c1-31-23-13-19(24(27)28)7-8-20(23)15-26-12-11-18-9-10-21(14-22(18)26)25-32(29,30)16-17-5-3-2-4-6-17/h2-14,25H,15-16H2,1H3,(H,27,28). The number of carboxylic acids is 1. The fraction of sp³-hybridized carbons (Fsp3) is 0.125. The lowest BCUT2D eigenvalue weighted by Crippen LogP contribution is -2.15. The molecule has 2 N–H and O–H groups in total. The molecule has 0 atom stereocenters. The van der Waals surface area contributed by atoms with Gasteiger partial charge in [0, 0.05) is 11.8 Å². The second-order valence-corrected chi connectivity index (χ2v) is 9.12. The van der Waals surface area contributed by atoms with E-state index in [9.17, 15) is 18.3 Å². The molecular weight excluding hydrogens is 428 g/mol.